The van der Waals surface area contributed by atoms with Crippen molar-refractivity contribution in [3.8, 4) is 0 Å². The van der Waals surface area contributed by atoms with Gasteiger partial charge in [-0.3, -0.25) is 0 Å². The topological polar surface area (TPSA) is 37.3 Å². The zero-order chi connectivity index (χ0) is 9.30. The summed E-state index contributed by atoms with van der Waals surface area (Å²) >= 11 is 5.86. The molecule has 0 amide bonds. The van der Waals surface area contributed by atoms with Gasteiger partial charge < -0.3 is 5.11 Å². The Bertz CT molecular complexity index is 336. The molecule has 0 aromatic heterocycles. The highest BCUT2D eigenvalue weighted by atomic mass is 35.5. The van der Waals surface area contributed by atoms with Crippen molar-refractivity contribution in [1.29, 1.82) is 0 Å². The molecule has 0 spiro atoms. The van der Waals surface area contributed by atoms with E-state index in [1.165, 1.54) is 0 Å². The molecule has 62 valence electrons. The smallest absolute Gasteiger partial charge is 0.336 e. The molecule has 0 heterocycles. The maximum absolute atomic E-state index is 10.6. The van der Waals surface area contributed by atoms with Crippen LogP contribution in [0.2, 0.25) is 5.02 Å². The second kappa shape index (κ2) is 3.19. The Hall–Kier alpha value is -0.955. The Balaban J connectivity index is 3.36. The summed E-state index contributed by atoms with van der Waals surface area (Å²) in [6.45, 7) is 1.71. The van der Waals surface area contributed by atoms with E-state index < -0.39 is 5.97 Å². The van der Waals surface area contributed by atoms with Crippen LogP contribution >= 0.6 is 11.6 Å². The molecular weight excluding hydrogens is 174 g/mol. The van der Waals surface area contributed by atoms with E-state index in [0.29, 0.717) is 10.6 Å². The molecule has 0 fully saturated rings. The Morgan fingerprint density at radius 3 is 2.67 bits per heavy atom. The van der Waals surface area contributed by atoms with E-state index in [9.17, 15) is 4.79 Å². The van der Waals surface area contributed by atoms with Crippen LogP contribution in [-0.4, -0.2) is 18.9 Å². The Kier molecular flexibility index (Phi) is 2.43. The van der Waals surface area contributed by atoms with E-state index in [2.05, 4.69) is 0 Å². The Morgan fingerprint density at radius 2 is 2.17 bits per heavy atom. The summed E-state index contributed by atoms with van der Waals surface area (Å²) in [6.07, 6.45) is 0. The minimum absolute atomic E-state index is 0.269. The monoisotopic (exact) mass is 182 g/mol. The first-order chi connectivity index (χ1) is 5.54. The molecule has 1 rings (SSSR count). The summed E-state index contributed by atoms with van der Waals surface area (Å²) in [5.74, 6) is -0.936. The summed E-state index contributed by atoms with van der Waals surface area (Å²) in [6, 6.07) is 3.28. The highest BCUT2D eigenvalue weighted by Gasteiger charge is 2.10. The van der Waals surface area contributed by atoms with E-state index in [1.807, 2.05) is 7.85 Å². The summed E-state index contributed by atoms with van der Waals surface area (Å²) < 4.78 is 0. The molecule has 0 atom stereocenters. The molecule has 0 aliphatic rings. The van der Waals surface area contributed by atoms with Gasteiger partial charge >= 0.3 is 5.97 Å². The third-order valence-electron chi connectivity index (χ3n) is 1.81. The molecule has 2 nitrogen and oxygen atoms in total. The first-order valence-electron chi connectivity index (χ1n) is 3.53. The summed E-state index contributed by atoms with van der Waals surface area (Å²) in [7, 11) is 1.85. The largest absolute Gasteiger partial charge is 0.478 e. The van der Waals surface area contributed by atoms with Gasteiger partial charge in [0.15, 0.2) is 0 Å². The fraction of sp³-hybridized carbons (Fsp3) is 0.125. The highest BCUT2D eigenvalue weighted by Crippen LogP contribution is 2.16. The van der Waals surface area contributed by atoms with Crippen LogP contribution in [0.15, 0.2) is 12.1 Å². The molecule has 0 saturated heterocycles. The third kappa shape index (κ3) is 1.46. The molecular formula is C8H8BClO2. The van der Waals surface area contributed by atoms with E-state index in [-0.39, 0.29) is 5.56 Å². The quantitative estimate of drug-likeness (QED) is 0.646. The fourth-order valence-electron chi connectivity index (χ4n) is 1.05. The van der Waals surface area contributed by atoms with Crippen LogP contribution in [0.1, 0.15) is 15.9 Å². The van der Waals surface area contributed by atoms with Crippen LogP contribution in [0.4, 0.5) is 0 Å². The predicted molar refractivity (Wildman–Crippen MR) is 51.3 cm³/mol. The Morgan fingerprint density at radius 1 is 1.58 bits per heavy atom. The van der Waals surface area contributed by atoms with E-state index in [0.717, 1.165) is 5.46 Å². The molecule has 0 saturated carbocycles. The van der Waals surface area contributed by atoms with Gasteiger partial charge in [0.05, 0.1) is 5.56 Å². The molecule has 0 radical (unpaired) electrons. The van der Waals surface area contributed by atoms with Crippen LogP contribution in [-0.2, 0) is 0 Å². The van der Waals surface area contributed by atoms with Gasteiger partial charge in [-0.15, -0.1) is 0 Å². The second-order valence-electron chi connectivity index (χ2n) is 2.67. The maximum atomic E-state index is 10.6. The van der Waals surface area contributed by atoms with Crippen LogP contribution in [0, 0.1) is 6.92 Å². The van der Waals surface area contributed by atoms with Crippen LogP contribution in [0.5, 0.6) is 0 Å². The van der Waals surface area contributed by atoms with Gasteiger partial charge in [0.2, 0.25) is 0 Å². The lowest BCUT2D eigenvalue weighted by molar-refractivity contribution is 0.0696. The predicted octanol–water partition coefficient (Wildman–Crippen LogP) is 0.605. The second-order valence-corrected chi connectivity index (χ2v) is 3.05. The number of halogens is 1. The lowest BCUT2D eigenvalue weighted by atomic mass is 9.92. The highest BCUT2D eigenvalue weighted by molar-refractivity contribution is 6.45. The van der Waals surface area contributed by atoms with E-state index in [4.69, 9.17) is 16.7 Å². The third-order valence-corrected chi connectivity index (χ3v) is 2.39. The number of rotatable bonds is 1. The van der Waals surface area contributed by atoms with Crippen molar-refractivity contribution in [2.45, 2.75) is 6.92 Å². The van der Waals surface area contributed by atoms with Crippen LogP contribution < -0.4 is 5.46 Å². The van der Waals surface area contributed by atoms with Crippen molar-refractivity contribution >= 4 is 30.9 Å². The SMILES string of the molecule is Bc1ccc(C(=O)O)c(C)c1Cl. The summed E-state index contributed by atoms with van der Waals surface area (Å²) in [5, 5.41) is 9.26. The van der Waals surface area contributed by atoms with Crippen molar-refractivity contribution in [2.24, 2.45) is 0 Å². The lowest BCUT2D eigenvalue weighted by Crippen LogP contribution is -2.09. The van der Waals surface area contributed by atoms with Gasteiger partial charge in [0, 0.05) is 5.02 Å². The molecule has 1 aromatic carbocycles. The van der Waals surface area contributed by atoms with Crippen molar-refractivity contribution in [3.05, 3.63) is 28.3 Å². The van der Waals surface area contributed by atoms with Crippen molar-refractivity contribution < 1.29 is 9.90 Å². The maximum Gasteiger partial charge on any atom is 0.336 e. The number of hydrogen-bond donors (Lipinski definition) is 1. The molecule has 1 N–H and O–H groups in total. The molecule has 12 heavy (non-hydrogen) atoms. The number of carboxylic acids is 1. The zero-order valence-electron chi connectivity index (χ0n) is 6.89. The number of carboxylic acid groups (broad SMARTS) is 1. The molecule has 0 aliphatic heterocycles. The number of aromatic carboxylic acids is 1. The van der Waals surface area contributed by atoms with Gasteiger partial charge in [-0.2, -0.15) is 0 Å². The van der Waals surface area contributed by atoms with Crippen LogP contribution in [0.25, 0.3) is 0 Å². The van der Waals surface area contributed by atoms with Gasteiger partial charge in [-0.1, -0.05) is 23.1 Å². The van der Waals surface area contributed by atoms with E-state index >= 15 is 0 Å². The molecule has 0 bridgehead atoms. The van der Waals surface area contributed by atoms with Gasteiger partial charge in [0.1, 0.15) is 7.85 Å². The first kappa shape index (κ1) is 9.14. The zero-order valence-corrected chi connectivity index (χ0v) is 7.64. The average molecular weight is 182 g/mol. The summed E-state index contributed by atoms with van der Waals surface area (Å²) in [5.41, 5.74) is 1.80. The first-order valence-corrected chi connectivity index (χ1v) is 3.91. The van der Waals surface area contributed by atoms with Gasteiger partial charge in [-0.05, 0) is 18.6 Å². The molecule has 1 aromatic rings. The van der Waals surface area contributed by atoms with Gasteiger partial charge in [0.25, 0.3) is 0 Å². The average Bonchev–Trinajstić information content (AvgIpc) is 2.00. The minimum Gasteiger partial charge on any atom is -0.478 e. The van der Waals surface area contributed by atoms with Crippen LogP contribution in [0.3, 0.4) is 0 Å². The number of carbonyl (C=O) groups is 1. The lowest BCUT2D eigenvalue weighted by Gasteiger charge is -2.05. The van der Waals surface area contributed by atoms with E-state index in [1.54, 1.807) is 19.1 Å². The minimum atomic E-state index is -0.936. The van der Waals surface area contributed by atoms with Crippen molar-refractivity contribution in [3.63, 3.8) is 0 Å². The van der Waals surface area contributed by atoms with Crippen molar-refractivity contribution in [2.75, 3.05) is 0 Å². The fourth-order valence-corrected chi connectivity index (χ4v) is 1.22. The normalized spacial score (nSPS) is 9.83. The van der Waals surface area contributed by atoms with Crippen molar-refractivity contribution in [1.82, 2.24) is 0 Å². The molecule has 0 unspecified atom stereocenters. The number of hydrogen-bond acceptors (Lipinski definition) is 1. The Labute approximate surface area is 76.6 Å². The number of benzene rings is 1. The summed E-state index contributed by atoms with van der Waals surface area (Å²) in [4.78, 5) is 10.6. The molecule has 4 heteroatoms. The van der Waals surface area contributed by atoms with Gasteiger partial charge in [-0.25, -0.2) is 4.79 Å². The molecule has 0 aliphatic carbocycles. The standard InChI is InChI=1S/C8H8BClO2/c1-4-5(8(11)12)2-3-6(9)7(4)10/h2-3H,9H2,1H3,(H,11,12).